The smallest absolute Gasteiger partial charge is 0.242 e. The van der Waals surface area contributed by atoms with Crippen LogP contribution in [0, 0.1) is 0 Å². The normalized spacial score (nSPS) is 14.8. The van der Waals surface area contributed by atoms with Crippen molar-refractivity contribution >= 4 is 33.2 Å². The molecule has 0 spiro atoms. The first-order chi connectivity index (χ1) is 11.8. The number of aryl methyl sites for hydroxylation is 2. The molecule has 0 bridgehead atoms. The van der Waals surface area contributed by atoms with Crippen LogP contribution in [0.2, 0.25) is 5.02 Å². The molecule has 3 rings (SSSR count). The van der Waals surface area contributed by atoms with Gasteiger partial charge in [0.1, 0.15) is 0 Å². The third-order valence-electron chi connectivity index (χ3n) is 4.22. The molecule has 0 fully saturated rings. The second kappa shape index (κ2) is 7.15. The predicted molar refractivity (Wildman–Crippen MR) is 98.3 cm³/mol. The summed E-state index contributed by atoms with van der Waals surface area (Å²) in [6, 6.07) is 10.7. The van der Waals surface area contributed by atoms with Crippen molar-refractivity contribution in [3.63, 3.8) is 0 Å². The molecule has 2 aromatic carbocycles. The van der Waals surface area contributed by atoms with E-state index in [0.717, 1.165) is 19.3 Å². The Morgan fingerprint density at radius 1 is 1.08 bits per heavy atom. The van der Waals surface area contributed by atoms with E-state index < -0.39 is 22.0 Å². The first-order valence-electron chi connectivity index (χ1n) is 8.06. The summed E-state index contributed by atoms with van der Waals surface area (Å²) in [6.45, 7) is 1.51. The number of benzene rings is 2. The Morgan fingerprint density at radius 3 is 2.48 bits per heavy atom. The van der Waals surface area contributed by atoms with Gasteiger partial charge in [-0.3, -0.25) is 4.79 Å². The minimum absolute atomic E-state index is 0.0640. The second-order valence-electron chi connectivity index (χ2n) is 6.12. The fraction of sp³-hybridized carbons (Fsp3) is 0.278. The highest BCUT2D eigenvalue weighted by Crippen LogP contribution is 2.25. The van der Waals surface area contributed by atoms with Crippen molar-refractivity contribution in [1.82, 2.24) is 4.72 Å². The van der Waals surface area contributed by atoms with E-state index in [-0.39, 0.29) is 4.90 Å². The number of amides is 1. The van der Waals surface area contributed by atoms with E-state index in [4.69, 9.17) is 11.6 Å². The van der Waals surface area contributed by atoms with Crippen molar-refractivity contribution in [2.75, 3.05) is 5.32 Å². The lowest BCUT2D eigenvalue weighted by atomic mass is 10.1. The Morgan fingerprint density at radius 2 is 1.76 bits per heavy atom. The molecule has 2 aromatic rings. The van der Waals surface area contributed by atoms with E-state index >= 15 is 0 Å². The molecule has 1 aliphatic rings. The number of hydrogen-bond donors (Lipinski definition) is 2. The molecule has 0 heterocycles. The molecular formula is C18H19ClN2O3S. The number of hydrogen-bond acceptors (Lipinski definition) is 3. The molecule has 1 atom stereocenters. The fourth-order valence-electron chi connectivity index (χ4n) is 2.87. The van der Waals surface area contributed by atoms with Crippen molar-refractivity contribution in [3.8, 4) is 0 Å². The summed E-state index contributed by atoms with van der Waals surface area (Å²) >= 11 is 5.77. The first-order valence-corrected chi connectivity index (χ1v) is 9.92. The van der Waals surface area contributed by atoms with E-state index in [9.17, 15) is 13.2 Å². The van der Waals surface area contributed by atoms with Crippen molar-refractivity contribution in [2.45, 2.75) is 37.1 Å². The molecule has 1 aliphatic carbocycles. The Balaban J connectivity index is 1.67. The van der Waals surface area contributed by atoms with Crippen LogP contribution in [0.4, 0.5) is 5.69 Å². The largest absolute Gasteiger partial charge is 0.325 e. The minimum atomic E-state index is -3.79. The van der Waals surface area contributed by atoms with E-state index in [1.807, 2.05) is 18.2 Å². The molecule has 5 nitrogen and oxygen atoms in total. The Kier molecular flexibility index (Phi) is 5.13. The van der Waals surface area contributed by atoms with Crippen LogP contribution in [0.5, 0.6) is 0 Å². The lowest BCUT2D eigenvalue weighted by molar-refractivity contribution is -0.117. The number of sulfonamides is 1. The van der Waals surface area contributed by atoms with Gasteiger partial charge in [-0.15, -0.1) is 0 Å². The zero-order valence-corrected chi connectivity index (χ0v) is 15.3. The molecule has 0 unspecified atom stereocenters. The number of rotatable bonds is 5. The summed E-state index contributed by atoms with van der Waals surface area (Å²) in [6.07, 6.45) is 3.21. The predicted octanol–water partition coefficient (Wildman–Crippen LogP) is 3.13. The topological polar surface area (TPSA) is 75.3 Å². The quantitative estimate of drug-likeness (QED) is 0.839. The Bertz CT molecular complexity index is 895. The molecule has 0 saturated carbocycles. The van der Waals surface area contributed by atoms with Gasteiger partial charge in [0.15, 0.2) is 0 Å². The van der Waals surface area contributed by atoms with Crippen LogP contribution in [0.15, 0.2) is 47.4 Å². The number of anilines is 1. The summed E-state index contributed by atoms with van der Waals surface area (Å²) < 4.78 is 27.0. The van der Waals surface area contributed by atoms with Crippen LogP contribution in [0.25, 0.3) is 0 Å². The summed E-state index contributed by atoms with van der Waals surface area (Å²) in [5.74, 6) is -0.407. The summed E-state index contributed by atoms with van der Waals surface area (Å²) in [4.78, 5) is 12.4. The average molecular weight is 379 g/mol. The Labute approximate surface area is 152 Å². The number of halogens is 1. The van der Waals surface area contributed by atoms with Crippen molar-refractivity contribution in [3.05, 3.63) is 58.6 Å². The Hall–Kier alpha value is -1.89. The van der Waals surface area contributed by atoms with Crippen LogP contribution in [-0.2, 0) is 27.7 Å². The van der Waals surface area contributed by atoms with E-state index in [1.165, 1.54) is 42.3 Å². The highest BCUT2D eigenvalue weighted by atomic mass is 35.5. The highest BCUT2D eigenvalue weighted by molar-refractivity contribution is 7.89. The van der Waals surface area contributed by atoms with E-state index in [0.29, 0.717) is 10.7 Å². The van der Waals surface area contributed by atoms with E-state index in [2.05, 4.69) is 10.0 Å². The third-order valence-corrected chi connectivity index (χ3v) is 6.02. The van der Waals surface area contributed by atoms with E-state index in [1.54, 1.807) is 0 Å². The molecule has 2 N–H and O–H groups in total. The molecular weight excluding hydrogens is 360 g/mol. The van der Waals surface area contributed by atoms with Gasteiger partial charge in [0.05, 0.1) is 10.9 Å². The molecule has 0 radical (unpaired) electrons. The standard InChI is InChI=1S/C18H19ClN2O3S/c1-12(21-25(23,24)17-9-6-15(19)7-10-17)18(22)20-16-8-5-13-3-2-4-14(13)11-16/h5-12,21H,2-4H2,1H3,(H,20,22)/t12-/m0/s1. The lowest BCUT2D eigenvalue weighted by Gasteiger charge is -2.15. The van der Waals surface area contributed by atoms with Crippen molar-refractivity contribution in [1.29, 1.82) is 0 Å². The average Bonchev–Trinajstić information content (AvgIpc) is 3.02. The molecule has 25 heavy (non-hydrogen) atoms. The number of nitrogens with one attached hydrogen (secondary N) is 2. The summed E-state index contributed by atoms with van der Waals surface area (Å²) in [7, 11) is -3.79. The fourth-order valence-corrected chi connectivity index (χ4v) is 4.20. The van der Waals surface area contributed by atoms with Gasteiger partial charge in [-0.2, -0.15) is 4.72 Å². The maximum atomic E-state index is 12.3. The molecule has 132 valence electrons. The maximum absolute atomic E-state index is 12.3. The SMILES string of the molecule is C[C@H](NS(=O)(=O)c1ccc(Cl)cc1)C(=O)Nc1ccc2c(c1)CCC2. The summed E-state index contributed by atoms with van der Waals surface area (Å²) in [5, 5.41) is 3.21. The molecule has 1 amide bonds. The maximum Gasteiger partial charge on any atom is 0.242 e. The van der Waals surface area contributed by atoms with Crippen LogP contribution in [-0.4, -0.2) is 20.4 Å². The van der Waals surface area contributed by atoms with Crippen LogP contribution < -0.4 is 10.0 Å². The lowest BCUT2D eigenvalue weighted by Crippen LogP contribution is -2.41. The van der Waals surface area contributed by atoms with Crippen LogP contribution in [0.3, 0.4) is 0 Å². The number of carbonyl (C=O) groups is 1. The minimum Gasteiger partial charge on any atom is -0.325 e. The van der Waals surface area contributed by atoms with Gasteiger partial charge < -0.3 is 5.32 Å². The van der Waals surface area contributed by atoms with Gasteiger partial charge in [0, 0.05) is 10.7 Å². The van der Waals surface area contributed by atoms with Crippen molar-refractivity contribution < 1.29 is 13.2 Å². The molecule has 0 saturated heterocycles. The van der Waals surface area contributed by atoms with Crippen LogP contribution >= 0.6 is 11.6 Å². The molecule has 0 aromatic heterocycles. The monoisotopic (exact) mass is 378 g/mol. The molecule has 0 aliphatic heterocycles. The summed E-state index contributed by atoms with van der Waals surface area (Å²) in [5.41, 5.74) is 3.24. The third kappa shape index (κ3) is 4.21. The van der Waals surface area contributed by atoms with Gasteiger partial charge in [-0.05, 0) is 73.7 Å². The van der Waals surface area contributed by atoms with Gasteiger partial charge in [0.25, 0.3) is 0 Å². The van der Waals surface area contributed by atoms with Gasteiger partial charge in [-0.25, -0.2) is 8.42 Å². The zero-order valence-electron chi connectivity index (χ0n) is 13.8. The zero-order chi connectivity index (χ0) is 18.0. The van der Waals surface area contributed by atoms with Crippen LogP contribution in [0.1, 0.15) is 24.5 Å². The first kappa shape index (κ1) is 17.9. The number of fused-ring (bicyclic) bond motifs is 1. The van der Waals surface area contributed by atoms with Gasteiger partial charge in [0.2, 0.25) is 15.9 Å². The van der Waals surface area contributed by atoms with Crippen molar-refractivity contribution in [2.24, 2.45) is 0 Å². The second-order valence-corrected chi connectivity index (χ2v) is 8.27. The molecule has 7 heteroatoms. The number of carbonyl (C=O) groups excluding carboxylic acids is 1. The highest BCUT2D eigenvalue weighted by Gasteiger charge is 2.22. The van der Waals surface area contributed by atoms with Gasteiger partial charge in [-0.1, -0.05) is 17.7 Å². The van der Waals surface area contributed by atoms with Gasteiger partial charge >= 0.3 is 0 Å².